The Morgan fingerprint density at radius 1 is 1.44 bits per heavy atom. The van der Waals surface area contributed by atoms with E-state index >= 15 is 0 Å². The first-order chi connectivity index (χ1) is 8.58. The third kappa shape index (κ3) is 4.18. The number of aryl methyl sites for hydroxylation is 1. The van der Waals surface area contributed by atoms with Crippen molar-refractivity contribution in [2.45, 2.75) is 39.3 Å². The number of hydrogen-bond donors (Lipinski definition) is 1. The molecule has 0 aliphatic carbocycles. The van der Waals surface area contributed by atoms with E-state index in [0.717, 1.165) is 19.5 Å². The lowest BCUT2D eigenvalue weighted by molar-refractivity contribution is -0.128. The highest BCUT2D eigenvalue weighted by molar-refractivity contribution is 5.75. The molecule has 1 atom stereocenters. The molecule has 1 N–H and O–H groups in total. The van der Waals surface area contributed by atoms with E-state index in [1.165, 1.54) is 5.56 Å². The van der Waals surface area contributed by atoms with Crippen LogP contribution >= 0.6 is 0 Å². The van der Waals surface area contributed by atoms with E-state index < -0.39 is 0 Å². The van der Waals surface area contributed by atoms with Crippen LogP contribution in [-0.2, 0) is 11.3 Å². The highest BCUT2D eigenvalue weighted by Gasteiger charge is 2.09. The van der Waals surface area contributed by atoms with Crippen molar-refractivity contribution in [3.05, 3.63) is 24.0 Å². The minimum Gasteiger partial charge on any atom is -0.353 e. The molecule has 4 heteroatoms. The van der Waals surface area contributed by atoms with Gasteiger partial charge in [0, 0.05) is 45.5 Å². The van der Waals surface area contributed by atoms with Gasteiger partial charge in [-0.2, -0.15) is 0 Å². The molecule has 0 bridgehead atoms. The van der Waals surface area contributed by atoms with E-state index in [9.17, 15) is 4.79 Å². The second-order valence-corrected chi connectivity index (χ2v) is 4.74. The van der Waals surface area contributed by atoms with Crippen LogP contribution in [0.2, 0.25) is 0 Å². The second kappa shape index (κ2) is 7.21. The number of aromatic nitrogens is 1. The molecule has 0 saturated carbocycles. The smallest absolute Gasteiger partial charge is 0.223 e. The first-order valence-corrected chi connectivity index (χ1v) is 6.67. The fraction of sp³-hybridized carbons (Fsp3) is 0.643. The Labute approximate surface area is 110 Å². The fourth-order valence-electron chi connectivity index (χ4n) is 2.00. The van der Waals surface area contributed by atoms with Gasteiger partial charge in [-0.25, -0.2) is 0 Å². The van der Waals surface area contributed by atoms with Crippen LogP contribution in [0.5, 0.6) is 0 Å². The van der Waals surface area contributed by atoms with Crippen LogP contribution in [0.4, 0.5) is 0 Å². The molecular weight excluding hydrogens is 226 g/mol. The predicted octanol–water partition coefficient (Wildman–Crippen LogP) is 2.03. The molecule has 1 aromatic rings. The highest BCUT2D eigenvalue weighted by atomic mass is 16.2. The van der Waals surface area contributed by atoms with Gasteiger partial charge in [0.05, 0.1) is 0 Å². The molecule has 0 radical (unpaired) electrons. The Morgan fingerprint density at radius 3 is 2.72 bits per heavy atom. The molecule has 1 aromatic heterocycles. The zero-order chi connectivity index (χ0) is 13.5. The van der Waals surface area contributed by atoms with Crippen molar-refractivity contribution in [1.29, 1.82) is 0 Å². The molecule has 0 aromatic carbocycles. The van der Waals surface area contributed by atoms with Gasteiger partial charge in [-0.3, -0.25) is 4.79 Å². The van der Waals surface area contributed by atoms with Crippen molar-refractivity contribution < 1.29 is 4.79 Å². The summed E-state index contributed by atoms with van der Waals surface area (Å²) in [7, 11) is 3.59. The summed E-state index contributed by atoms with van der Waals surface area (Å²) in [5.41, 5.74) is 1.30. The number of rotatable bonds is 7. The highest BCUT2D eigenvalue weighted by Crippen LogP contribution is 2.16. The Balaban J connectivity index is 2.54. The maximum absolute atomic E-state index is 11.5. The summed E-state index contributed by atoms with van der Waals surface area (Å²) < 4.78 is 2.09. The summed E-state index contributed by atoms with van der Waals surface area (Å²) in [5, 5.41) is 3.46. The van der Waals surface area contributed by atoms with Gasteiger partial charge in [-0.15, -0.1) is 0 Å². The van der Waals surface area contributed by atoms with E-state index in [1.54, 1.807) is 19.0 Å². The Kier molecular flexibility index (Phi) is 5.92. The minimum absolute atomic E-state index is 0.170. The van der Waals surface area contributed by atoms with Crippen LogP contribution in [0.15, 0.2) is 18.5 Å². The van der Waals surface area contributed by atoms with Gasteiger partial charge in [-0.05, 0) is 24.6 Å². The summed E-state index contributed by atoms with van der Waals surface area (Å²) >= 11 is 0. The van der Waals surface area contributed by atoms with Crippen molar-refractivity contribution in [2.24, 2.45) is 0 Å². The van der Waals surface area contributed by atoms with Crippen molar-refractivity contribution in [3.63, 3.8) is 0 Å². The second-order valence-electron chi connectivity index (χ2n) is 4.74. The monoisotopic (exact) mass is 251 g/mol. The van der Waals surface area contributed by atoms with Crippen molar-refractivity contribution >= 4 is 5.91 Å². The van der Waals surface area contributed by atoms with Crippen molar-refractivity contribution in [2.75, 3.05) is 20.6 Å². The normalized spacial score (nSPS) is 12.4. The first-order valence-electron chi connectivity index (χ1n) is 6.67. The fourth-order valence-corrected chi connectivity index (χ4v) is 2.00. The lowest BCUT2D eigenvalue weighted by atomic mass is 10.1. The van der Waals surface area contributed by atoms with Gasteiger partial charge in [0.25, 0.3) is 0 Å². The molecule has 1 unspecified atom stereocenters. The number of carbonyl (C=O) groups excluding carboxylic acids is 1. The van der Waals surface area contributed by atoms with E-state index in [2.05, 4.69) is 42.2 Å². The Bertz CT molecular complexity index is 371. The van der Waals surface area contributed by atoms with Gasteiger partial charge < -0.3 is 14.8 Å². The Hall–Kier alpha value is -1.29. The summed E-state index contributed by atoms with van der Waals surface area (Å²) in [6, 6.07) is 2.55. The lowest BCUT2D eigenvalue weighted by Gasteiger charge is -2.14. The van der Waals surface area contributed by atoms with E-state index in [-0.39, 0.29) is 5.91 Å². The van der Waals surface area contributed by atoms with Crippen molar-refractivity contribution in [1.82, 2.24) is 14.8 Å². The van der Waals surface area contributed by atoms with E-state index in [4.69, 9.17) is 0 Å². The molecule has 1 rings (SSSR count). The maximum Gasteiger partial charge on any atom is 0.223 e. The summed E-state index contributed by atoms with van der Waals surface area (Å²) in [4.78, 5) is 13.2. The zero-order valence-electron chi connectivity index (χ0n) is 11.9. The standard InChI is InChI=1S/C14H25N3O/c1-5-13(15-6-2)12-7-9-17(11-12)10-8-14(18)16(3)4/h7,9,11,13,15H,5-6,8,10H2,1-4H3. The molecule has 18 heavy (non-hydrogen) atoms. The lowest BCUT2D eigenvalue weighted by Crippen LogP contribution is -2.22. The summed E-state index contributed by atoms with van der Waals surface area (Å²) in [6.07, 6.45) is 5.83. The van der Waals surface area contributed by atoms with Gasteiger partial charge in [-0.1, -0.05) is 13.8 Å². The minimum atomic E-state index is 0.170. The molecule has 1 amide bonds. The third-order valence-electron chi connectivity index (χ3n) is 3.12. The number of nitrogens with one attached hydrogen (secondary N) is 1. The quantitative estimate of drug-likeness (QED) is 0.805. The maximum atomic E-state index is 11.5. The van der Waals surface area contributed by atoms with Gasteiger partial charge in [0.15, 0.2) is 0 Å². The van der Waals surface area contributed by atoms with Crippen molar-refractivity contribution in [3.8, 4) is 0 Å². The average molecular weight is 251 g/mol. The Morgan fingerprint density at radius 2 is 2.17 bits per heavy atom. The van der Waals surface area contributed by atoms with E-state index in [1.807, 2.05) is 0 Å². The molecule has 0 spiro atoms. The van der Waals surface area contributed by atoms with E-state index in [0.29, 0.717) is 12.5 Å². The number of nitrogens with zero attached hydrogens (tertiary/aromatic N) is 2. The predicted molar refractivity (Wildman–Crippen MR) is 74.5 cm³/mol. The topological polar surface area (TPSA) is 37.3 Å². The molecule has 4 nitrogen and oxygen atoms in total. The number of carbonyl (C=O) groups is 1. The molecule has 0 fully saturated rings. The summed E-state index contributed by atoms with van der Waals surface area (Å²) in [6.45, 7) is 6.03. The number of amides is 1. The average Bonchev–Trinajstić information content (AvgIpc) is 2.81. The largest absolute Gasteiger partial charge is 0.353 e. The zero-order valence-corrected chi connectivity index (χ0v) is 11.9. The van der Waals surface area contributed by atoms with Gasteiger partial charge >= 0.3 is 0 Å². The van der Waals surface area contributed by atoms with Crippen LogP contribution in [0.25, 0.3) is 0 Å². The van der Waals surface area contributed by atoms with Crippen LogP contribution in [0.3, 0.4) is 0 Å². The van der Waals surface area contributed by atoms with Crippen LogP contribution in [0, 0.1) is 0 Å². The number of hydrogen-bond acceptors (Lipinski definition) is 2. The van der Waals surface area contributed by atoms with Gasteiger partial charge in [0.1, 0.15) is 0 Å². The van der Waals surface area contributed by atoms with Crippen LogP contribution < -0.4 is 5.32 Å². The van der Waals surface area contributed by atoms with Crippen LogP contribution in [0.1, 0.15) is 38.3 Å². The van der Waals surface area contributed by atoms with Crippen LogP contribution in [-0.4, -0.2) is 36.0 Å². The molecule has 0 saturated heterocycles. The first kappa shape index (κ1) is 14.8. The summed E-state index contributed by atoms with van der Waals surface area (Å²) in [5.74, 6) is 0.170. The molecule has 0 aliphatic heterocycles. The van der Waals surface area contributed by atoms with Gasteiger partial charge in [0.2, 0.25) is 5.91 Å². The molecular formula is C14H25N3O. The SMILES string of the molecule is CCNC(CC)c1ccn(CCC(=O)N(C)C)c1. The third-order valence-corrected chi connectivity index (χ3v) is 3.12. The molecule has 102 valence electrons. The molecule has 1 heterocycles. The molecule has 0 aliphatic rings.